The molecule has 0 aliphatic rings. The minimum atomic E-state index is -0.0478. The van der Waals surface area contributed by atoms with E-state index in [-0.39, 0.29) is 6.04 Å². The van der Waals surface area contributed by atoms with E-state index >= 15 is 0 Å². The lowest BCUT2D eigenvalue weighted by Crippen LogP contribution is -2.04. The number of nitrogens with zero attached hydrogens (tertiary/aromatic N) is 2. The highest BCUT2D eigenvalue weighted by Gasteiger charge is 2.14. The lowest BCUT2D eigenvalue weighted by Gasteiger charge is -2.11. The third-order valence-corrected chi connectivity index (χ3v) is 3.43. The molecule has 0 unspecified atom stereocenters. The van der Waals surface area contributed by atoms with Crippen LogP contribution in [0.4, 0.5) is 0 Å². The van der Waals surface area contributed by atoms with E-state index < -0.39 is 0 Å². The number of nitrogens with two attached hydrogens (primary N) is 1. The lowest BCUT2D eigenvalue weighted by molar-refractivity contribution is 0.474. The number of aromatic nitrogens is 2. The van der Waals surface area contributed by atoms with Gasteiger partial charge in [0.05, 0.1) is 10.7 Å². The molecule has 0 saturated heterocycles. The van der Waals surface area contributed by atoms with E-state index in [0.29, 0.717) is 10.8 Å². The lowest BCUT2D eigenvalue weighted by atomic mass is 10.1. The molecule has 1 aromatic carbocycles. The fourth-order valence-electron chi connectivity index (χ4n) is 1.89. The van der Waals surface area contributed by atoms with Crippen molar-refractivity contribution in [2.24, 2.45) is 12.8 Å². The summed E-state index contributed by atoms with van der Waals surface area (Å²) < 4.78 is 7.66. The van der Waals surface area contributed by atoms with Crippen LogP contribution in [-0.2, 0) is 7.05 Å². The van der Waals surface area contributed by atoms with Gasteiger partial charge in [-0.05, 0) is 38.5 Å². The van der Waals surface area contributed by atoms with Crippen molar-refractivity contribution in [1.82, 2.24) is 9.78 Å². The van der Waals surface area contributed by atoms with Crippen LogP contribution >= 0.6 is 11.6 Å². The molecule has 0 spiro atoms. The van der Waals surface area contributed by atoms with Gasteiger partial charge in [-0.2, -0.15) is 5.10 Å². The van der Waals surface area contributed by atoms with E-state index in [2.05, 4.69) is 5.10 Å². The Morgan fingerprint density at radius 1 is 1.37 bits per heavy atom. The molecule has 1 atom stereocenters. The van der Waals surface area contributed by atoms with E-state index in [4.69, 9.17) is 22.1 Å². The number of ether oxygens (including phenoxy) is 1. The molecule has 0 bridgehead atoms. The number of aryl methyl sites for hydroxylation is 2. The highest BCUT2D eigenvalue weighted by molar-refractivity contribution is 6.32. The molecule has 1 aromatic heterocycles. The second-order valence-corrected chi connectivity index (χ2v) is 5.11. The average Bonchev–Trinajstić information content (AvgIpc) is 2.58. The first kappa shape index (κ1) is 13.9. The summed E-state index contributed by atoms with van der Waals surface area (Å²) in [4.78, 5) is 0. The average molecular weight is 280 g/mol. The normalized spacial score (nSPS) is 12.5. The highest BCUT2D eigenvalue weighted by Crippen LogP contribution is 2.34. The molecule has 102 valence electrons. The minimum Gasteiger partial charge on any atom is -0.452 e. The van der Waals surface area contributed by atoms with Gasteiger partial charge in [0.25, 0.3) is 0 Å². The van der Waals surface area contributed by atoms with Crippen LogP contribution in [0.1, 0.15) is 29.9 Å². The van der Waals surface area contributed by atoms with Crippen LogP contribution in [0.2, 0.25) is 5.02 Å². The fraction of sp³-hybridized carbons (Fsp3) is 0.357. The van der Waals surface area contributed by atoms with E-state index in [9.17, 15) is 0 Å². The van der Waals surface area contributed by atoms with Crippen LogP contribution in [0.25, 0.3) is 0 Å². The molecule has 2 aromatic rings. The van der Waals surface area contributed by atoms with Gasteiger partial charge in [0.2, 0.25) is 0 Å². The second-order valence-electron chi connectivity index (χ2n) is 4.70. The number of hydrogen-bond acceptors (Lipinski definition) is 3. The molecule has 2 rings (SSSR count). The Bertz CT molecular complexity index is 605. The predicted molar refractivity (Wildman–Crippen MR) is 76.8 cm³/mol. The topological polar surface area (TPSA) is 53.1 Å². The van der Waals surface area contributed by atoms with Crippen LogP contribution < -0.4 is 10.5 Å². The molecule has 19 heavy (non-hydrogen) atoms. The number of rotatable bonds is 3. The number of halogens is 1. The summed E-state index contributed by atoms with van der Waals surface area (Å²) in [5.74, 6) is 1.36. The van der Waals surface area contributed by atoms with Crippen LogP contribution in [0, 0.1) is 13.8 Å². The van der Waals surface area contributed by atoms with Crippen molar-refractivity contribution in [3.05, 3.63) is 40.2 Å². The van der Waals surface area contributed by atoms with Gasteiger partial charge < -0.3 is 10.5 Å². The molecule has 0 aliphatic carbocycles. The van der Waals surface area contributed by atoms with Crippen LogP contribution in [0.3, 0.4) is 0 Å². The van der Waals surface area contributed by atoms with Gasteiger partial charge in [-0.15, -0.1) is 0 Å². The maximum atomic E-state index is 6.23. The molecule has 0 fully saturated rings. The fourth-order valence-corrected chi connectivity index (χ4v) is 2.12. The molecule has 0 amide bonds. The molecule has 4 nitrogen and oxygen atoms in total. The van der Waals surface area contributed by atoms with Crippen LogP contribution in [0.5, 0.6) is 11.5 Å². The Kier molecular flexibility index (Phi) is 3.83. The maximum Gasteiger partial charge on any atom is 0.171 e. The summed E-state index contributed by atoms with van der Waals surface area (Å²) in [6.45, 7) is 5.79. The second kappa shape index (κ2) is 5.23. The van der Waals surface area contributed by atoms with Crippen molar-refractivity contribution < 1.29 is 4.74 Å². The number of benzene rings is 1. The molecule has 0 aliphatic heterocycles. The van der Waals surface area contributed by atoms with Crippen molar-refractivity contribution >= 4 is 11.6 Å². The summed E-state index contributed by atoms with van der Waals surface area (Å²) in [6.07, 6.45) is 0. The smallest absolute Gasteiger partial charge is 0.171 e. The van der Waals surface area contributed by atoms with Gasteiger partial charge >= 0.3 is 0 Å². The van der Waals surface area contributed by atoms with E-state index in [0.717, 1.165) is 22.7 Å². The number of hydrogen-bond donors (Lipinski definition) is 1. The van der Waals surface area contributed by atoms with Gasteiger partial charge in [-0.3, -0.25) is 4.68 Å². The third-order valence-electron chi connectivity index (χ3n) is 3.14. The Hall–Kier alpha value is -1.52. The highest BCUT2D eigenvalue weighted by atomic mass is 35.5. The van der Waals surface area contributed by atoms with Crippen molar-refractivity contribution in [2.45, 2.75) is 26.8 Å². The SMILES string of the molecule is Cc1nn(C)c(C)c1Oc1ccc([C@@H](C)N)cc1Cl. The van der Waals surface area contributed by atoms with Crippen LogP contribution in [0.15, 0.2) is 18.2 Å². The van der Waals surface area contributed by atoms with Crippen molar-refractivity contribution in [1.29, 1.82) is 0 Å². The summed E-state index contributed by atoms with van der Waals surface area (Å²) in [6, 6.07) is 5.55. The van der Waals surface area contributed by atoms with E-state index in [1.165, 1.54) is 0 Å². The first-order valence-electron chi connectivity index (χ1n) is 6.13. The third kappa shape index (κ3) is 2.74. The monoisotopic (exact) mass is 279 g/mol. The largest absolute Gasteiger partial charge is 0.452 e. The molecule has 2 N–H and O–H groups in total. The van der Waals surface area contributed by atoms with Gasteiger partial charge in [-0.1, -0.05) is 17.7 Å². The van der Waals surface area contributed by atoms with Gasteiger partial charge in [0.1, 0.15) is 11.4 Å². The molecular formula is C14H18ClN3O. The van der Waals surface area contributed by atoms with Gasteiger partial charge in [0.15, 0.2) is 5.75 Å². The predicted octanol–water partition coefficient (Wildman–Crippen LogP) is 3.50. The Balaban J connectivity index is 2.34. The van der Waals surface area contributed by atoms with E-state index in [1.807, 2.05) is 46.0 Å². The first-order valence-corrected chi connectivity index (χ1v) is 6.51. The molecule has 1 heterocycles. The zero-order valence-electron chi connectivity index (χ0n) is 11.6. The summed E-state index contributed by atoms with van der Waals surface area (Å²) >= 11 is 6.23. The zero-order valence-corrected chi connectivity index (χ0v) is 12.3. The van der Waals surface area contributed by atoms with Gasteiger partial charge in [-0.25, -0.2) is 0 Å². The zero-order chi connectivity index (χ0) is 14.2. The molecular weight excluding hydrogens is 262 g/mol. The van der Waals surface area contributed by atoms with Gasteiger partial charge in [0, 0.05) is 13.1 Å². The quantitative estimate of drug-likeness (QED) is 0.935. The van der Waals surface area contributed by atoms with E-state index in [1.54, 1.807) is 4.68 Å². The summed E-state index contributed by atoms with van der Waals surface area (Å²) in [7, 11) is 1.88. The Morgan fingerprint density at radius 3 is 2.53 bits per heavy atom. The Labute approximate surface area is 118 Å². The standard InChI is InChI=1S/C14H18ClN3O/c1-8(16)11-5-6-13(12(15)7-11)19-14-9(2)17-18(4)10(14)3/h5-8H,16H2,1-4H3/t8-/m1/s1. The van der Waals surface area contributed by atoms with Crippen molar-refractivity contribution in [2.75, 3.05) is 0 Å². The Morgan fingerprint density at radius 2 is 2.05 bits per heavy atom. The summed E-state index contributed by atoms with van der Waals surface area (Å²) in [5.41, 5.74) is 8.61. The van der Waals surface area contributed by atoms with Crippen LogP contribution in [-0.4, -0.2) is 9.78 Å². The summed E-state index contributed by atoms with van der Waals surface area (Å²) in [5, 5.41) is 4.86. The minimum absolute atomic E-state index is 0.0478. The molecule has 5 heteroatoms. The maximum absolute atomic E-state index is 6.23. The molecule has 0 saturated carbocycles. The first-order chi connectivity index (χ1) is 8.90. The van der Waals surface area contributed by atoms with Crippen molar-refractivity contribution in [3.63, 3.8) is 0 Å². The molecule has 0 radical (unpaired) electrons. The van der Waals surface area contributed by atoms with Crippen molar-refractivity contribution in [3.8, 4) is 11.5 Å².